The SMILES string of the molecule is C#CC(CC)C/C=C\C. The van der Waals surface area contributed by atoms with Gasteiger partial charge in [-0.25, -0.2) is 0 Å². The predicted molar refractivity (Wildman–Crippen MR) is 42.0 cm³/mol. The zero-order chi connectivity index (χ0) is 7.11. The van der Waals surface area contributed by atoms with Gasteiger partial charge < -0.3 is 0 Å². The summed E-state index contributed by atoms with van der Waals surface area (Å²) in [5.74, 6) is 3.18. The van der Waals surface area contributed by atoms with E-state index in [-0.39, 0.29) is 0 Å². The van der Waals surface area contributed by atoms with Crippen LogP contribution < -0.4 is 0 Å². The molecule has 0 aromatic rings. The highest BCUT2D eigenvalue weighted by Crippen LogP contribution is 2.05. The van der Waals surface area contributed by atoms with Crippen molar-refractivity contribution in [2.24, 2.45) is 5.92 Å². The Hall–Kier alpha value is -0.700. The van der Waals surface area contributed by atoms with Crippen LogP contribution in [0.1, 0.15) is 26.7 Å². The van der Waals surface area contributed by atoms with Crippen molar-refractivity contribution in [1.29, 1.82) is 0 Å². The van der Waals surface area contributed by atoms with Crippen molar-refractivity contribution in [2.45, 2.75) is 26.7 Å². The van der Waals surface area contributed by atoms with Gasteiger partial charge in [0.05, 0.1) is 0 Å². The van der Waals surface area contributed by atoms with E-state index in [1.807, 2.05) is 13.0 Å². The highest BCUT2D eigenvalue weighted by atomic mass is 14.0. The fourth-order valence-electron chi connectivity index (χ4n) is 0.653. The van der Waals surface area contributed by atoms with E-state index >= 15 is 0 Å². The molecule has 0 aliphatic heterocycles. The Morgan fingerprint density at radius 1 is 1.67 bits per heavy atom. The first kappa shape index (κ1) is 8.30. The molecule has 50 valence electrons. The lowest BCUT2D eigenvalue weighted by atomic mass is 10.0. The third-order valence-corrected chi connectivity index (χ3v) is 1.38. The lowest BCUT2D eigenvalue weighted by molar-refractivity contribution is 0.661. The summed E-state index contributed by atoms with van der Waals surface area (Å²) in [5, 5.41) is 0. The average molecular weight is 122 g/mol. The van der Waals surface area contributed by atoms with Crippen LogP contribution in [0, 0.1) is 18.3 Å². The fourth-order valence-corrected chi connectivity index (χ4v) is 0.653. The van der Waals surface area contributed by atoms with Gasteiger partial charge >= 0.3 is 0 Å². The van der Waals surface area contributed by atoms with E-state index in [1.54, 1.807) is 0 Å². The van der Waals surface area contributed by atoms with Crippen LogP contribution in [-0.4, -0.2) is 0 Å². The lowest BCUT2D eigenvalue weighted by Crippen LogP contribution is -1.90. The van der Waals surface area contributed by atoms with Crippen molar-refractivity contribution in [3.63, 3.8) is 0 Å². The Morgan fingerprint density at radius 2 is 2.33 bits per heavy atom. The highest BCUT2D eigenvalue weighted by molar-refractivity contribution is 4.96. The molecule has 9 heavy (non-hydrogen) atoms. The van der Waals surface area contributed by atoms with Crippen LogP contribution >= 0.6 is 0 Å². The molecule has 0 aromatic heterocycles. The van der Waals surface area contributed by atoms with Gasteiger partial charge in [0, 0.05) is 5.92 Å². The zero-order valence-corrected chi connectivity index (χ0v) is 6.22. The largest absolute Gasteiger partial charge is 0.120 e. The van der Waals surface area contributed by atoms with Crippen LogP contribution in [-0.2, 0) is 0 Å². The quantitative estimate of drug-likeness (QED) is 0.398. The standard InChI is InChI=1S/C9H14/c1-4-7-8-9(5-2)6-3/h2,4,7,9H,6,8H2,1,3H3/b7-4-. The van der Waals surface area contributed by atoms with Crippen molar-refractivity contribution in [1.82, 2.24) is 0 Å². The topological polar surface area (TPSA) is 0 Å². The van der Waals surface area contributed by atoms with E-state index in [2.05, 4.69) is 18.9 Å². The van der Waals surface area contributed by atoms with Gasteiger partial charge in [0.2, 0.25) is 0 Å². The van der Waals surface area contributed by atoms with Gasteiger partial charge in [-0.05, 0) is 19.8 Å². The summed E-state index contributed by atoms with van der Waals surface area (Å²) in [6, 6.07) is 0. The molecule has 0 amide bonds. The highest BCUT2D eigenvalue weighted by Gasteiger charge is 1.95. The van der Waals surface area contributed by atoms with Crippen molar-refractivity contribution < 1.29 is 0 Å². The molecule has 0 aromatic carbocycles. The second-order valence-corrected chi connectivity index (χ2v) is 2.08. The third-order valence-electron chi connectivity index (χ3n) is 1.38. The van der Waals surface area contributed by atoms with Crippen molar-refractivity contribution >= 4 is 0 Å². The molecular weight excluding hydrogens is 108 g/mol. The molecule has 0 nitrogen and oxygen atoms in total. The van der Waals surface area contributed by atoms with Crippen LogP contribution in [0.3, 0.4) is 0 Å². The second kappa shape index (κ2) is 5.44. The van der Waals surface area contributed by atoms with Crippen LogP contribution in [0.15, 0.2) is 12.2 Å². The Labute approximate surface area is 58.0 Å². The van der Waals surface area contributed by atoms with Gasteiger partial charge in [0.15, 0.2) is 0 Å². The molecule has 0 saturated heterocycles. The number of terminal acetylenes is 1. The van der Waals surface area contributed by atoms with Crippen molar-refractivity contribution in [3.8, 4) is 12.3 Å². The Bertz CT molecular complexity index is 114. The van der Waals surface area contributed by atoms with Crippen LogP contribution in [0.4, 0.5) is 0 Å². The molecule has 0 bridgehead atoms. The van der Waals surface area contributed by atoms with E-state index in [0.29, 0.717) is 5.92 Å². The molecule has 0 heterocycles. The first-order valence-electron chi connectivity index (χ1n) is 3.42. The van der Waals surface area contributed by atoms with Gasteiger partial charge in [-0.15, -0.1) is 12.3 Å². The number of allylic oxidation sites excluding steroid dienone is 2. The summed E-state index contributed by atoms with van der Waals surface area (Å²) in [6.07, 6.45) is 11.5. The molecule has 1 atom stereocenters. The van der Waals surface area contributed by atoms with Gasteiger partial charge in [0.25, 0.3) is 0 Å². The van der Waals surface area contributed by atoms with E-state index in [1.165, 1.54) is 0 Å². The van der Waals surface area contributed by atoms with E-state index in [0.717, 1.165) is 12.8 Å². The average Bonchev–Trinajstić information content (AvgIpc) is 1.91. The molecule has 0 heteroatoms. The summed E-state index contributed by atoms with van der Waals surface area (Å²) < 4.78 is 0. The van der Waals surface area contributed by atoms with Crippen molar-refractivity contribution in [3.05, 3.63) is 12.2 Å². The van der Waals surface area contributed by atoms with Crippen LogP contribution in [0.25, 0.3) is 0 Å². The van der Waals surface area contributed by atoms with Crippen LogP contribution in [0.5, 0.6) is 0 Å². The number of hydrogen-bond acceptors (Lipinski definition) is 0. The molecule has 0 spiro atoms. The first-order valence-corrected chi connectivity index (χ1v) is 3.42. The third kappa shape index (κ3) is 3.85. The molecule has 0 saturated carbocycles. The Balaban J connectivity index is 3.46. The molecule has 0 rings (SSSR count). The summed E-state index contributed by atoms with van der Waals surface area (Å²) in [4.78, 5) is 0. The second-order valence-electron chi connectivity index (χ2n) is 2.08. The molecule has 0 aliphatic rings. The monoisotopic (exact) mass is 122 g/mol. The number of hydrogen-bond donors (Lipinski definition) is 0. The van der Waals surface area contributed by atoms with Crippen molar-refractivity contribution in [2.75, 3.05) is 0 Å². The first-order chi connectivity index (χ1) is 4.35. The summed E-state index contributed by atoms with van der Waals surface area (Å²) in [6.45, 7) is 4.14. The normalized spacial score (nSPS) is 13.4. The van der Waals surface area contributed by atoms with Gasteiger partial charge in [-0.2, -0.15) is 0 Å². The minimum atomic E-state index is 0.446. The Morgan fingerprint density at radius 3 is 2.67 bits per heavy atom. The molecule has 0 aliphatic carbocycles. The summed E-state index contributed by atoms with van der Waals surface area (Å²) in [7, 11) is 0. The van der Waals surface area contributed by atoms with E-state index in [9.17, 15) is 0 Å². The summed E-state index contributed by atoms with van der Waals surface area (Å²) in [5.41, 5.74) is 0. The molecule has 0 fully saturated rings. The Kier molecular flexibility index (Phi) is 5.01. The van der Waals surface area contributed by atoms with Gasteiger partial charge in [-0.1, -0.05) is 19.1 Å². The lowest BCUT2D eigenvalue weighted by Gasteiger charge is -2.00. The zero-order valence-electron chi connectivity index (χ0n) is 6.22. The minimum Gasteiger partial charge on any atom is -0.120 e. The molecule has 1 unspecified atom stereocenters. The predicted octanol–water partition coefficient (Wildman–Crippen LogP) is 2.61. The molecule has 0 N–H and O–H groups in total. The fraction of sp³-hybridized carbons (Fsp3) is 0.556. The smallest absolute Gasteiger partial charge is 0.0232 e. The maximum absolute atomic E-state index is 5.24. The maximum Gasteiger partial charge on any atom is 0.0232 e. The maximum atomic E-state index is 5.24. The van der Waals surface area contributed by atoms with Crippen LogP contribution in [0.2, 0.25) is 0 Å². The van der Waals surface area contributed by atoms with Gasteiger partial charge in [0.1, 0.15) is 0 Å². The van der Waals surface area contributed by atoms with Gasteiger partial charge in [-0.3, -0.25) is 0 Å². The molecular formula is C9H14. The van der Waals surface area contributed by atoms with E-state index < -0.39 is 0 Å². The minimum absolute atomic E-state index is 0.446. The molecule has 0 radical (unpaired) electrons. The summed E-state index contributed by atoms with van der Waals surface area (Å²) >= 11 is 0. The van der Waals surface area contributed by atoms with E-state index in [4.69, 9.17) is 6.42 Å². The number of rotatable bonds is 3.